The van der Waals surface area contributed by atoms with E-state index in [1.54, 1.807) is 12.1 Å². The molecule has 0 unspecified atom stereocenters. The molecule has 7 nitrogen and oxygen atoms in total. The zero-order valence-corrected chi connectivity index (χ0v) is 15.5. The van der Waals surface area contributed by atoms with Gasteiger partial charge in [0.15, 0.2) is 0 Å². The molecule has 142 valence electrons. The van der Waals surface area contributed by atoms with Crippen molar-refractivity contribution in [3.8, 4) is 0 Å². The number of nitrogens with zero attached hydrogens (tertiary/aromatic N) is 2. The Morgan fingerprint density at radius 1 is 1.19 bits per heavy atom. The first-order valence-corrected chi connectivity index (χ1v) is 8.99. The van der Waals surface area contributed by atoms with Crippen LogP contribution in [0.25, 0.3) is 0 Å². The van der Waals surface area contributed by atoms with Gasteiger partial charge in [0.05, 0.1) is 18.1 Å². The van der Waals surface area contributed by atoms with Gasteiger partial charge in [-0.1, -0.05) is 32.0 Å². The molecule has 1 aliphatic rings. The van der Waals surface area contributed by atoms with Gasteiger partial charge in [-0.2, -0.15) is 0 Å². The number of ether oxygens (including phenoxy) is 1. The lowest BCUT2D eigenvalue weighted by molar-refractivity contribution is -0.384. The van der Waals surface area contributed by atoms with E-state index in [4.69, 9.17) is 4.74 Å². The van der Waals surface area contributed by atoms with E-state index < -0.39 is 4.92 Å². The zero-order chi connectivity index (χ0) is 19.4. The molecule has 1 aliphatic heterocycles. The highest BCUT2D eigenvalue weighted by molar-refractivity contribution is 6.05. The third-order valence-electron chi connectivity index (χ3n) is 4.62. The normalized spacial score (nSPS) is 14.3. The molecule has 0 aromatic heterocycles. The summed E-state index contributed by atoms with van der Waals surface area (Å²) in [5, 5.41) is 14.4. The molecule has 0 bridgehead atoms. The van der Waals surface area contributed by atoms with Crippen LogP contribution >= 0.6 is 0 Å². The number of benzene rings is 2. The number of carbonyl (C=O) groups is 1. The summed E-state index contributed by atoms with van der Waals surface area (Å²) in [6.07, 6.45) is 0. The molecule has 7 heteroatoms. The number of morpholine rings is 1. The second-order valence-corrected chi connectivity index (χ2v) is 6.76. The fourth-order valence-electron chi connectivity index (χ4n) is 3.19. The second kappa shape index (κ2) is 8.18. The number of anilines is 2. The van der Waals surface area contributed by atoms with Gasteiger partial charge in [-0.3, -0.25) is 14.9 Å². The van der Waals surface area contributed by atoms with Crippen LogP contribution in [0.3, 0.4) is 0 Å². The van der Waals surface area contributed by atoms with E-state index in [9.17, 15) is 14.9 Å². The first-order valence-electron chi connectivity index (χ1n) is 8.99. The summed E-state index contributed by atoms with van der Waals surface area (Å²) in [5.74, 6) is -0.112. The minimum Gasteiger partial charge on any atom is -0.378 e. The Balaban J connectivity index is 1.87. The summed E-state index contributed by atoms with van der Waals surface area (Å²) in [6, 6.07) is 12.2. The number of para-hydroxylation sites is 1. The van der Waals surface area contributed by atoms with Crippen LogP contribution in [0.2, 0.25) is 0 Å². The van der Waals surface area contributed by atoms with Crippen LogP contribution in [-0.2, 0) is 4.74 Å². The van der Waals surface area contributed by atoms with Crippen LogP contribution in [-0.4, -0.2) is 37.1 Å². The summed E-state index contributed by atoms with van der Waals surface area (Å²) in [5.41, 5.74) is 2.45. The number of nitro benzene ring substituents is 1. The van der Waals surface area contributed by atoms with Gasteiger partial charge in [0.1, 0.15) is 5.69 Å². The van der Waals surface area contributed by atoms with Crippen molar-refractivity contribution in [2.45, 2.75) is 19.8 Å². The van der Waals surface area contributed by atoms with E-state index in [0.717, 1.165) is 11.3 Å². The molecule has 0 radical (unpaired) electrons. The number of amides is 1. The summed E-state index contributed by atoms with van der Waals surface area (Å²) in [7, 11) is 0. The molecule has 0 saturated carbocycles. The molecule has 1 saturated heterocycles. The summed E-state index contributed by atoms with van der Waals surface area (Å²) in [4.78, 5) is 25.7. The van der Waals surface area contributed by atoms with E-state index in [1.165, 1.54) is 6.07 Å². The fraction of sp³-hybridized carbons (Fsp3) is 0.350. The molecule has 0 aliphatic carbocycles. The molecule has 0 spiro atoms. The van der Waals surface area contributed by atoms with E-state index in [0.29, 0.717) is 32.0 Å². The van der Waals surface area contributed by atoms with E-state index >= 15 is 0 Å². The van der Waals surface area contributed by atoms with Gasteiger partial charge in [0.2, 0.25) is 0 Å². The number of nitrogens with one attached hydrogen (secondary N) is 1. The largest absolute Gasteiger partial charge is 0.378 e. The minimum absolute atomic E-state index is 0.0679. The number of nitro groups is 1. The fourth-order valence-corrected chi connectivity index (χ4v) is 3.19. The van der Waals surface area contributed by atoms with Gasteiger partial charge >= 0.3 is 0 Å². The summed E-state index contributed by atoms with van der Waals surface area (Å²) in [6.45, 7) is 6.35. The molecular formula is C20H23N3O4. The number of hydrogen-bond acceptors (Lipinski definition) is 5. The minimum atomic E-state index is -0.441. The van der Waals surface area contributed by atoms with Gasteiger partial charge in [-0.15, -0.1) is 0 Å². The molecule has 1 fully saturated rings. The lowest BCUT2D eigenvalue weighted by Crippen LogP contribution is -2.36. The maximum atomic E-state index is 12.7. The van der Waals surface area contributed by atoms with E-state index in [1.807, 2.05) is 43.0 Å². The lowest BCUT2D eigenvalue weighted by Gasteiger charge is -2.28. The van der Waals surface area contributed by atoms with E-state index in [2.05, 4.69) is 5.32 Å². The number of hydrogen-bond donors (Lipinski definition) is 1. The topological polar surface area (TPSA) is 84.7 Å². The average Bonchev–Trinajstić information content (AvgIpc) is 2.68. The predicted molar refractivity (Wildman–Crippen MR) is 105 cm³/mol. The molecule has 3 rings (SSSR count). The second-order valence-electron chi connectivity index (χ2n) is 6.76. The highest BCUT2D eigenvalue weighted by atomic mass is 16.6. The van der Waals surface area contributed by atoms with Gasteiger partial charge < -0.3 is 15.0 Å². The Labute approximate surface area is 158 Å². The van der Waals surface area contributed by atoms with E-state index in [-0.39, 0.29) is 23.1 Å². The van der Waals surface area contributed by atoms with Crippen molar-refractivity contribution < 1.29 is 14.5 Å². The molecule has 1 amide bonds. The quantitative estimate of drug-likeness (QED) is 0.640. The third-order valence-corrected chi connectivity index (χ3v) is 4.62. The molecule has 2 aromatic rings. The van der Waals surface area contributed by atoms with Gasteiger partial charge in [0.25, 0.3) is 11.6 Å². The average molecular weight is 369 g/mol. The molecule has 2 aromatic carbocycles. The predicted octanol–water partition coefficient (Wildman–Crippen LogP) is 3.81. The Bertz CT molecular complexity index is 845. The maximum Gasteiger partial charge on any atom is 0.293 e. The maximum absolute atomic E-state index is 12.7. The smallest absolute Gasteiger partial charge is 0.293 e. The highest BCUT2D eigenvalue weighted by Crippen LogP contribution is 2.31. The van der Waals surface area contributed by atoms with Crippen molar-refractivity contribution in [3.05, 3.63) is 63.7 Å². The molecule has 1 N–H and O–H groups in total. The van der Waals surface area contributed by atoms with Crippen molar-refractivity contribution in [3.63, 3.8) is 0 Å². The van der Waals surface area contributed by atoms with Gasteiger partial charge in [0, 0.05) is 30.4 Å². The van der Waals surface area contributed by atoms with Gasteiger partial charge in [-0.05, 0) is 29.7 Å². The molecule has 1 heterocycles. The SMILES string of the molecule is CC(C)c1ccccc1NC(=O)c1ccc(N2CCOCC2)c([N+](=O)[O-])c1. The Hall–Kier alpha value is -2.93. The first kappa shape index (κ1) is 18.8. The van der Waals surface area contributed by atoms with Crippen molar-refractivity contribution in [1.29, 1.82) is 0 Å². The number of rotatable bonds is 5. The highest BCUT2D eigenvalue weighted by Gasteiger charge is 2.23. The zero-order valence-electron chi connectivity index (χ0n) is 15.5. The lowest BCUT2D eigenvalue weighted by atomic mass is 10.0. The van der Waals surface area contributed by atoms with Crippen LogP contribution in [0, 0.1) is 10.1 Å². The van der Waals surface area contributed by atoms with Crippen LogP contribution in [0.15, 0.2) is 42.5 Å². The number of carbonyl (C=O) groups excluding carboxylic acids is 1. The van der Waals surface area contributed by atoms with Gasteiger partial charge in [-0.25, -0.2) is 0 Å². The standard InChI is InChI=1S/C20H23N3O4/c1-14(2)16-5-3-4-6-17(16)21-20(24)15-7-8-18(19(13-15)23(25)26)22-9-11-27-12-10-22/h3-8,13-14H,9-12H2,1-2H3,(H,21,24). The van der Waals surface area contributed by atoms with Crippen molar-refractivity contribution in [2.24, 2.45) is 0 Å². The van der Waals surface area contributed by atoms with Crippen molar-refractivity contribution >= 4 is 23.0 Å². The monoisotopic (exact) mass is 369 g/mol. The van der Waals surface area contributed by atoms with Crippen LogP contribution < -0.4 is 10.2 Å². The molecular weight excluding hydrogens is 346 g/mol. The Morgan fingerprint density at radius 3 is 2.56 bits per heavy atom. The summed E-state index contributed by atoms with van der Waals surface area (Å²) < 4.78 is 5.30. The summed E-state index contributed by atoms with van der Waals surface area (Å²) >= 11 is 0. The molecule has 27 heavy (non-hydrogen) atoms. The first-order chi connectivity index (χ1) is 13.0. The Morgan fingerprint density at radius 2 is 1.89 bits per heavy atom. The van der Waals surface area contributed by atoms with Crippen molar-refractivity contribution in [1.82, 2.24) is 0 Å². The third kappa shape index (κ3) is 4.25. The van der Waals surface area contributed by atoms with Crippen LogP contribution in [0.5, 0.6) is 0 Å². The van der Waals surface area contributed by atoms with Crippen molar-refractivity contribution in [2.75, 3.05) is 36.5 Å². The van der Waals surface area contributed by atoms with Crippen LogP contribution in [0.1, 0.15) is 35.7 Å². The Kier molecular flexibility index (Phi) is 5.71. The van der Waals surface area contributed by atoms with Crippen LogP contribution in [0.4, 0.5) is 17.1 Å². The molecule has 0 atom stereocenters.